The average molecular weight is 377 g/mol. The van der Waals surface area contributed by atoms with E-state index in [-0.39, 0.29) is 22.8 Å². The smallest absolute Gasteiger partial charge is 0.387 e. The molecule has 0 unspecified atom stereocenters. The summed E-state index contributed by atoms with van der Waals surface area (Å²) in [7, 11) is -3.13. The molecule has 1 fully saturated rings. The number of benzene rings is 1. The van der Waals surface area contributed by atoms with E-state index in [2.05, 4.69) is 10.1 Å². The maximum Gasteiger partial charge on any atom is 0.387 e. The lowest BCUT2D eigenvalue weighted by molar-refractivity contribution is -0.129. The van der Waals surface area contributed by atoms with Crippen LogP contribution >= 0.6 is 0 Å². The average Bonchev–Trinajstić information content (AvgIpc) is 2.86. The highest BCUT2D eigenvalue weighted by atomic mass is 32.2. The summed E-state index contributed by atoms with van der Waals surface area (Å²) in [5, 5.41) is 2.52. The zero-order chi connectivity index (χ0) is 18.6. The first-order valence-electron chi connectivity index (χ1n) is 7.43. The van der Waals surface area contributed by atoms with Gasteiger partial charge in [0.2, 0.25) is 0 Å². The molecule has 138 valence electrons. The van der Waals surface area contributed by atoms with E-state index in [0.29, 0.717) is 6.42 Å². The van der Waals surface area contributed by atoms with Gasteiger partial charge in [-0.15, -0.1) is 0 Å². The lowest BCUT2D eigenvalue weighted by Gasteiger charge is -2.16. The third kappa shape index (κ3) is 5.66. The third-order valence-electron chi connectivity index (χ3n) is 3.55. The number of halogens is 2. The number of alkyl halides is 2. The highest BCUT2D eigenvalue weighted by Crippen LogP contribution is 2.16. The van der Waals surface area contributed by atoms with Gasteiger partial charge in [0, 0.05) is 6.04 Å². The van der Waals surface area contributed by atoms with Crippen molar-refractivity contribution in [3.8, 4) is 5.75 Å². The molecule has 2 rings (SSSR count). The monoisotopic (exact) mass is 377 g/mol. The first kappa shape index (κ1) is 19.1. The number of nitrogens with one attached hydrogen (secondary N) is 1. The van der Waals surface area contributed by atoms with Crippen LogP contribution in [0.4, 0.5) is 8.78 Å². The number of amides is 1. The molecule has 1 amide bonds. The fraction of sp³-hybridized carbons (Fsp3) is 0.467. The van der Waals surface area contributed by atoms with Gasteiger partial charge in [-0.05, 0) is 37.6 Å². The molecule has 1 aliphatic rings. The Hall–Kier alpha value is -2.23. The van der Waals surface area contributed by atoms with Crippen molar-refractivity contribution < 1.29 is 36.3 Å². The van der Waals surface area contributed by atoms with Gasteiger partial charge in [0.15, 0.2) is 15.9 Å². The second-order valence-electron chi connectivity index (χ2n) is 5.56. The van der Waals surface area contributed by atoms with Crippen LogP contribution in [0.15, 0.2) is 24.3 Å². The van der Waals surface area contributed by atoms with Gasteiger partial charge in [-0.25, -0.2) is 13.2 Å². The number of ether oxygens (including phenoxy) is 2. The second kappa shape index (κ2) is 7.77. The normalized spacial score (nSPS) is 20.1. The maximum absolute atomic E-state index is 12.1. The summed E-state index contributed by atoms with van der Waals surface area (Å²) in [5.41, 5.74) is 0.0599. The van der Waals surface area contributed by atoms with Crippen LogP contribution in [-0.2, 0) is 19.4 Å². The Bertz CT molecular complexity index is 735. The van der Waals surface area contributed by atoms with Gasteiger partial charge >= 0.3 is 12.6 Å². The van der Waals surface area contributed by atoms with Gasteiger partial charge < -0.3 is 14.8 Å². The Morgan fingerprint density at radius 2 is 1.88 bits per heavy atom. The molecular formula is C15H17F2NO6S. The summed E-state index contributed by atoms with van der Waals surface area (Å²) in [6.45, 7) is -1.62. The number of hydrogen-bond acceptors (Lipinski definition) is 6. The summed E-state index contributed by atoms with van der Waals surface area (Å²) in [5.74, 6) is -1.65. The van der Waals surface area contributed by atoms with Crippen LogP contribution in [0.1, 0.15) is 23.7 Å². The molecule has 0 aliphatic carbocycles. The minimum absolute atomic E-state index is 0.0130. The fourth-order valence-corrected chi connectivity index (χ4v) is 3.96. The van der Waals surface area contributed by atoms with Gasteiger partial charge in [-0.3, -0.25) is 4.79 Å². The summed E-state index contributed by atoms with van der Waals surface area (Å²) < 4.78 is 56.0. The van der Waals surface area contributed by atoms with E-state index in [1.807, 2.05) is 0 Å². The van der Waals surface area contributed by atoms with Crippen LogP contribution in [0, 0.1) is 0 Å². The molecule has 2 atom stereocenters. The summed E-state index contributed by atoms with van der Waals surface area (Å²) in [6.07, 6.45) is -0.812. The zero-order valence-electron chi connectivity index (χ0n) is 13.3. The van der Waals surface area contributed by atoms with Crippen LogP contribution in [0.25, 0.3) is 0 Å². The van der Waals surface area contributed by atoms with Crippen LogP contribution in [0.5, 0.6) is 5.75 Å². The van der Waals surface area contributed by atoms with E-state index < -0.39 is 40.5 Å². The summed E-state index contributed by atoms with van der Waals surface area (Å²) in [6, 6.07) is 4.32. The van der Waals surface area contributed by atoms with Gasteiger partial charge in [-0.2, -0.15) is 8.78 Å². The van der Waals surface area contributed by atoms with E-state index in [0.717, 1.165) is 0 Å². The van der Waals surface area contributed by atoms with E-state index in [1.165, 1.54) is 31.2 Å². The summed E-state index contributed by atoms with van der Waals surface area (Å²) >= 11 is 0. The number of carbonyl (C=O) groups excluding carboxylic acids is 2. The first-order valence-corrected chi connectivity index (χ1v) is 9.25. The van der Waals surface area contributed by atoms with Crippen molar-refractivity contribution in [2.45, 2.75) is 32.1 Å². The molecule has 0 bridgehead atoms. The molecule has 0 aromatic heterocycles. The lowest BCUT2D eigenvalue weighted by Crippen LogP contribution is -2.42. The molecule has 1 aromatic carbocycles. The maximum atomic E-state index is 12.1. The van der Waals surface area contributed by atoms with Crippen LogP contribution in [0.3, 0.4) is 0 Å². The molecule has 25 heavy (non-hydrogen) atoms. The molecule has 1 aliphatic heterocycles. The standard InChI is InChI=1S/C15H17F2NO6S/c1-9(13(19)18-11-6-7-25(21,22)8-11)23-14(20)10-2-4-12(5-3-10)24-15(16)17/h2-5,9,11,15H,6-8H2,1H3,(H,18,19)/t9-,11-/m1/s1. The fourth-order valence-electron chi connectivity index (χ4n) is 2.28. The van der Waals surface area contributed by atoms with Crippen molar-refractivity contribution in [3.63, 3.8) is 0 Å². The van der Waals surface area contributed by atoms with Crippen molar-refractivity contribution in [1.29, 1.82) is 0 Å². The topological polar surface area (TPSA) is 98.8 Å². The molecule has 1 N–H and O–H groups in total. The molecule has 1 heterocycles. The number of rotatable bonds is 6. The van der Waals surface area contributed by atoms with Gasteiger partial charge in [0.25, 0.3) is 5.91 Å². The van der Waals surface area contributed by atoms with Crippen LogP contribution in [0.2, 0.25) is 0 Å². The molecule has 10 heteroatoms. The Morgan fingerprint density at radius 1 is 1.24 bits per heavy atom. The number of carbonyl (C=O) groups is 2. The lowest BCUT2D eigenvalue weighted by atomic mass is 10.2. The summed E-state index contributed by atoms with van der Waals surface area (Å²) in [4.78, 5) is 23.9. The number of esters is 1. The van der Waals surface area contributed by atoms with Crippen molar-refractivity contribution in [1.82, 2.24) is 5.32 Å². The van der Waals surface area contributed by atoms with Gasteiger partial charge in [-0.1, -0.05) is 0 Å². The number of sulfone groups is 1. The molecule has 0 radical (unpaired) electrons. The second-order valence-corrected chi connectivity index (χ2v) is 7.79. The molecule has 0 saturated carbocycles. The van der Waals surface area contributed by atoms with Crippen molar-refractivity contribution in [2.24, 2.45) is 0 Å². The first-order chi connectivity index (χ1) is 11.7. The predicted octanol–water partition coefficient (Wildman–Crippen LogP) is 1.14. The quantitative estimate of drug-likeness (QED) is 0.747. The van der Waals surface area contributed by atoms with Gasteiger partial charge in [0.05, 0.1) is 17.1 Å². The third-order valence-corrected chi connectivity index (χ3v) is 5.31. The van der Waals surface area contributed by atoms with Gasteiger partial charge in [0.1, 0.15) is 5.75 Å². The minimum Gasteiger partial charge on any atom is -0.449 e. The minimum atomic E-state index is -3.13. The van der Waals surface area contributed by atoms with E-state index in [4.69, 9.17) is 4.74 Å². The van der Waals surface area contributed by atoms with Crippen molar-refractivity contribution >= 4 is 21.7 Å². The van der Waals surface area contributed by atoms with E-state index in [9.17, 15) is 26.8 Å². The van der Waals surface area contributed by atoms with E-state index >= 15 is 0 Å². The molecule has 7 nitrogen and oxygen atoms in total. The highest BCUT2D eigenvalue weighted by Gasteiger charge is 2.30. The number of hydrogen-bond donors (Lipinski definition) is 1. The molecule has 1 saturated heterocycles. The Labute approximate surface area is 143 Å². The zero-order valence-corrected chi connectivity index (χ0v) is 14.1. The van der Waals surface area contributed by atoms with Crippen molar-refractivity contribution in [2.75, 3.05) is 11.5 Å². The largest absolute Gasteiger partial charge is 0.449 e. The van der Waals surface area contributed by atoms with Crippen LogP contribution < -0.4 is 10.1 Å². The molecule has 1 aromatic rings. The highest BCUT2D eigenvalue weighted by molar-refractivity contribution is 7.91. The van der Waals surface area contributed by atoms with Crippen molar-refractivity contribution in [3.05, 3.63) is 29.8 Å². The van der Waals surface area contributed by atoms with Crippen LogP contribution in [-0.4, -0.2) is 50.6 Å². The Kier molecular flexibility index (Phi) is 5.93. The Balaban J connectivity index is 1.87. The predicted molar refractivity (Wildman–Crippen MR) is 83.2 cm³/mol. The van der Waals surface area contributed by atoms with E-state index in [1.54, 1.807) is 0 Å². The SMILES string of the molecule is C[C@@H](OC(=O)c1ccc(OC(F)F)cc1)C(=O)N[C@@H]1CCS(=O)(=O)C1. The Morgan fingerprint density at radius 3 is 2.40 bits per heavy atom. The molecule has 0 spiro atoms. The molecular weight excluding hydrogens is 360 g/mol.